The largest absolute Gasteiger partial charge is 0.506 e. The molecule has 3 rings (SSSR count). The van der Waals surface area contributed by atoms with Gasteiger partial charge in [-0.25, -0.2) is 0 Å². The van der Waals surface area contributed by atoms with E-state index >= 15 is 0 Å². The van der Waals surface area contributed by atoms with E-state index in [1.54, 1.807) is 18.3 Å². The van der Waals surface area contributed by atoms with Crippen molar-refractivity contribution in [2.75, 3.05) is 0 Å². The first-order valence-electron chi connectivity index (χ1n) is 6.36. The molecular formula is C17H11NO3. The van der Waals surface area contributed by atoms with Crippen LogP contribution in [-0.2, 0) is 0 Å². The lowest BCUT2D eigenvalue weighted by Crippen LogP contribution is -1.92. The summed E-state index contributed by atoms with van der Waals surface area (Å²) < 4.78 is 0. The fourth-order valence-corrected chi connectivity index (χ4v) is 2.37. The second-order valence-electron chi connectivity index (χ2n) is 4.61. The molecule has 1 aromatic heterocycles. The topological polar surface area (TPSA) is 67.3 Å². The number of carbonyl (C=O) groups excluding carboxylic acids is 2. The number of carbonyl (C=O) groups is 2. The van der Waals surface area contributed by atoms with Crippen molar-refractivity contribution in [3.8, 4) is 16.9 Å². The Morgan fingerprint density at radius 1 is 0.952 bits per heavy atom. The normalized spacial score (nSPS) is 10.5. The van der Waals surface area contributed by atoms with Crippen LogP contribution < -0.4 is 0 Å². The Bertz CT molecular complexity index is 821. The van der Waals surface area contributed by atoms with E-state index in [0.29, 0.717) is 18.1 Å². The molecule has 0 atom stereocenters. The summed E-state index contributed by atoms with van der Waals surface area (Å²) in [4.78, 5) is 26.4. The number of fused-ring (bicyclic) bond motifs is 1. The van der Waals surface area contributed by atoms with Crippen molar-refractivity contribution < 1.29 is 14.7 Å². The molecule has 0 fully saturated rings. The molecule has 1 heterocycles. The molecule has 102 valence electrons. The first-order chi connectivity index (χ1) is 10.2. The van der Waals surface area contributed by atoms with E-state index in [9.17, 15) is 14.7 Å². The Hall–Kier alpha value is -3.01. The second kappa shape index (κ2) is 5.17. The second-order valence-corrected chi connectivity index (χ2v) is 4.61. The summed E-state index contributed by atoms with van der Waals surface area (Å²) in [6, 6.07) is 12.5. The van der Waals surface area contributed by atoms with Crippen molar-refractivity contribution in [1.82, 2.24) is 4.98 Å². The minimum atomic E-state index is -0.290. The van der Waals surface area contributed by atoms with Crippen molar-refractivity contribution in [1.29, 1.82) is 0 Å². The SMILES string of the molecule is O=Cc1cc(-c2cccc3ncccc23)cc(C=O)c1O. The van der Waals surface area contributed by atoms with Crippen LogP contribution in [0.1, 0.15) is 20.7 Å². The van der Waals surface area contributed by atoms with Crippen molar-refractivity contribution in [3.05, 3.63) is 59.8 Å². The number of aromatic hydroxyl groups is 1. The molecule has 0 unspecified atom stereocenters. The van der Waals surface area contributed by atoms with E-state index in [0.717, 1.165) is 16.5 Å². The van der Waals surface area contributed by atoms with E-state index in [1.807, 2.05) is 30.3 Å². The molecule has 0 radical (unpaired) electrons. The molecule has 3 aromatic rings. The van der Waals surface area contributed by atoms with Crippen LogP contribution in [0.5, 0.6) is 5.75 Å². The molecule has 0 saturated heterocycles. The molecule has 0 amide bonds. The number of nitrogens with zero attached hydrogens (tertiary/aromatic N) is 1. The number of hydrogen-bond donors (Lipinski definition) is 1. The third-order valence-electron chi connectivity index (χ3n) is 3.38. The molecule has 0 aliphatic rings. The summed E-state index contributed by atoms with van der Waals surface area (Å²) in [7, 11) is 0. The van der Waals surface area contributed by atoms with E-state index in [1.165, 1.54) is 0 Å². The van der Waals surface area contributed by atoms with E-state index in [2.05, 4.69) is 4.98 Å². The average molecular weight is 277 g/mol. The van der Waals surface area contributed by atoms with Crippen molar-refractivity contribution in [2.24, 2.45) is 0 Å². The summed E-state index contributed by atoms with van der Waals surface area (Å²) in [5, 5.41) is 10.7. The van der Waals surface area contributed by atoms with E-state index in [-0.39, 0.29) is 16.9 Å². The number of phenolic OH excluding ortho intramolecular Hbond substituents is 1. The zero-order chi connectivity index (χ0) is 14.8. The number of phenols is 1. The van der Waals surface area contributed by atoms with Crippen LogP contribution in [0, 0.1) is 0 Å². The van der Waals surface area contributed by atoms with Gasteiger partial charge >= 0.3 is 0 Å². The average Bonchev–Trinajstić information content (AvgIpc) is 2.54. The Morgan fingerprint density at radius 3 is 2.33 bits per heavy atom. The number of rotatable bonds is 3. The minimum absolute atomic E-state index is 0.0930. The Kier molecular flexibility index (Phi) is 3.20. The highest BCUT2D eigenvalue weighted by atomic mass is 16.3. The summed E-state index contributed by atoms with van der Waals surface area (Å²) >= 11 is 0. The molecule has 2 aromatic carbocycles. The first-order valence-corrected chi connectivity index (χ1v) is 6.36. The Morgan fingerprint density at radius 2 is 1.67 bits per heavy atom. The van der Waals surface area contributed by atoms with Gasteiger partial charge in [0, 0.05) is 11.6 Å². The zero-order valence-corrected chi connectivity index (χ0v) is 11.0. The number of aldehydes is 2. The predicted octanol–water partition coefficient (Wildman–Crippen LogP) is 3.23. The van der Waals surface area contributed by atoms with Gasteiger partial charge in [0.1, 0.15) is 5.75 Å². The highest BCUT2D eigenvalue weighted by Gasteiger charge is 2.12. The van der Waals surface area contributed by atoms with E-state index < -0.39 is 0 Å². The Labute approximate surface area is 120 Å². The van der Waals surface area contributed by atoms with E-state index in [4.69, 9.17) is 0 Å². The van der Waals surface area contributed by atoms with Crippen LogP contribution in [0.25, 0.3) is 22.0 Å². The summed E-state index contributed by atoms with van der Waals surface area (Å²) in [6.45, 7) is 0. The van der Waals surface area contributed by atoms with Crippen LogP contribution in [0.3, 0.4) is 0 Å². The molecule has 1 N–H and O–H groups in total. The maximum Gasteiger partial charge on any atom is 0.153 e. The smallest absolute Gasteiger partial charge is 0.153 e. The van der Waals surface area contributed by atoms with Crippen LogP contribution in [0.15, 0.2) is 48.7 Å². The zero-order valence-electron chi connectivity index (χ0n) is 11.0. The van der Waals surface area contributed by atoms with Gasteiger partial charge in [-0.3, -0.25) is 14.6 Å². The number of pyridine rings is 1. The molecule has 0 aliphatic heterocycles. The molecule has 21 heavy (non-hydrogen) atoms. The predicted molar refractivity (Wildman–Crippen MR) is 79.6 cm³/mol. The highest BCUT2D eigenvalue weighted by molar-refractivity contribution is 5.98. The van der Waals surface area contributed by atoms with Gasteiger partial charge in [0.05, 0.1) is 16.6 Å². The Balaban J connectivity index is 2.33. The number of aromatic nitrogens is 1. The molecule has 0 aliphatic carbocycles. The van der Waals surface area contributed by atoms with Gasteiger partial charge in [-0.05, 0) is 35.4 Å². The van der Waals surface area contributed by atoms with Gasteiger partial charge in [-0.1, -0.05) is 18.2 Å². The van der Waals surface area contributed by atoms with Crippen molar-refractivity contribution >= 4 is 23.5 Å². The van der Waals surface area contributed by atoms with Crippen LogP contribution in [0.4, 0.5) is 0 Å². The summed E-state index contributed by atoms with van der Waals surface area (Å²) in [5.74, 6) is -0.290. The monoisotopic (exact) mass is 277 g/mol. The number of benzene rings is 2. The fraction of sp³-hybridized carbons (Fsp3) is 0. The lowest BCUT2D eigenvalue weighted by molar-refractivity contribution is 0.112. The van der Waals surface area contributed by atoms with Crippen LogP contribution in [-0.4, -0.2) is 22.7 Å². The standard InChI is InChI=1S/C17H11NO3/c19-9-12-7-11(8-13(10-20)17(12)21)14-3-1-5-16-15(14)4-2-6-18-16/h1-10,21H. The first kappa shape index (κ1) is 13.0. The van der Waals surface area contributed by atoms with Crippen LogP contribution in [0.2, 0.25) is 0 Å². The van der Waals surface area contributed by atoms with Gasteiger partial charge in [0.15, 0.2) is 12.6 Å². The van der Waals surface area contributed by atoms with Gasteiger partial charge in [-0.15, -0.1) is 0 Å². The summed E-state index contributed by atoms with van der Waals surface area (Å²) in [6.07, 6.45) is 2.78. The molecule has 4 heteroatoms. The summed E-state index contributed by atoms with van der Waals surface area (Å²) in [5.41, 5.74) is 2.55. The molecular weight excluding hydrogens is 266 g/mol. The van der Waals surface area contributed by atoms with Gasteiger partial charge < -0.3 is 5.11 Å². The highest BCUT2D eigenvalue weighted by Crippen LogP contribution is 2.32. The minimum Gasteiger partial charge on any atom is -0.506 e. The van der Waals surface area contributed by atoms with Gasteiger partial charge in [0.2, 0.25) is 0 Å². The maximum atomic E-state index is 11.1. The lowest BCUT2D eigenvalue weighted by atomic mass is 9.96. The third kappa shape index (κ3) is 2.17. The quantitative estimate of drug-likeness (QED) is 0.746. The van der Waals surface area contributed by atoms with Gasteiger partial charge in [0.25, 0.3) is 0 Å². The molecule has 4 nitrogen and oxygen atoms in total. The molecule has 0 saturated carbocycles. The third-order valence-corrected chi connectivity index (χ3v) is 3.38. The lowest BCUT2D eigenvalue weighted by Gasteiger charge is -2.09. The molecule has 0 spiro atoms. The number of hydrogen-bond acceptors (Lipinski definition) is 4. The maximum absolute atomic E-state index is 11.1. The van der Waals surface area contributed by atoms with Crippen LogP contribution >= 0.6 is 0 Å². The molecule has 0 bridgehead atoms. The fourth-order valence-electron chi connectivity index (χ4n) is 2.37. The van der Waals surface area contributed by atoms with Gasteiger partial charge in [-0.2, -0.15) is 0 Å². The van der Waals surface area contributed by atoms with Crippen molar-refractivity contribution in [2.45, 2.75) is 0 Å². The van der Waals surface area contributed by atoms with Crippen molar-refractivity contribution in [3.63, 3.8) is 0 Å².